The Morgan fingerprint density at radius 2 is 1.85 bits per heavy atom. The highest BCUT2D eigenvalue weighted by Gasteiger charge is 2.27. The monoisotopic (exact) mass is 354 g/mol. The third-order valence-corrected chi connectivity index (χ3v) is 4.78. The molecule has 0 bridgehead atoms. The van der Waals surface area contributed by atoms with E-state index in [4.69, 9.17) is 18.9 Å². The van der Waals surface area contributed by atoms with Crippen molar-refractivity contribution in [2.24, 2.45) is 0 Å². The largest absolute Gasteiger partial charge is 0.493 e. The lowest BCUT2D eigenvalue weighted by molar-refractivity contribution is 0.174. The quantitative estimate of drug-likeness (QED) is 0.886. The van der Waals surface area contributed by atoms with Gasteiger partial charge in [0.05, 0.1) is 18.9 Å². The highest BCUT2D eigenvalue weighted by Crippen LogP contribution is 2.44. The van der Waals surface area contributed by atoms with Crippen LogP contribution in [0.25, 0.3) is 0 Å². The minimum atomic E-state index is -0.277. The molecule has 0 saturated heterocycles. The number of hydrogen-bond acceptors (Lipinski definition) is 5. The first-order chi connectivity index (χ1) is 12.8. The predicted octanol–water partition coefficient (Wildman–Crippen LogP) is 2.61. The third kappa shape index (κ3) is 2.56. The van der Waals surface area contributed by atoms with Crippen LogP contribution in [0.5, 0.6) is 23.0 Å². The molecular weight excluding hydrogens is 336 g/mol. The first-order valence-corrected chi connectivity index (χ1v) is 8.65. The van der Waals surface area contributed by atoms with Crippen LogP contribution in [0.3, 0.4) is 0 Å². The maximum atomic E-state index is 12.4. The summed E-state index contributed by atoms with van der Waals surface area (Å²) in [5.74, 6) is 3.05. The molecule has 2 amide bonds. The molecule has 0 unspecified atom stereocenters. The topological polar surface area (TPSA) is 78.1 Å². The zero-order valence-corrected chi connectivity index (χ0v) is 14.1. The van der Waals surface area contributed by atoms with E-state index < -0.39 is 0 Å². The highest BCUT2D eigenvalue weighted by molar-refractivity contribution is 5.93. The van der Waals surface area contributed by atoms with E-state index in [0.29, 0.717) is 25.5 Å². The van der Waals surface area contributed by atoms with E-state index in [0.717, 1.165) is 52.5 Å². The lowest BCUT2D eigenvalue weighted by Crippen LogP contribution is -2.28. The van der Waals surface area contributed by atoms with Crippen LogP contribution < -0.4 is 29.6 Å². The van der Waals surface area contributed by atoms with Gasteiger partial charge >= 0.3 is 6.03 Å². The fourth-order valence-electron chi connectivity index (χ4n) is 3.51. The average Bonchev–Trinajstić information content (AvgIpc) is 3.38. The molecule has 2 aromatic carbocycles. The number of benzene rings is 2. The molecule has 0 saturated carbocycles. The fourth-order valence-corrected chi connectivity index (χ4v) is 3.51. The van der Waals surface area contributed by atoms with Crippen molar-refractivity contribution in [1.29, 1.82) is 0 Å². The SMILES string of the molecule is O=C(NCc1ccc2c(c1)OCO2)Nc1c2c(cc3c1OCC3)OCC2. The normalized spacial score (nSPS) is 15.7. The highest BCUT2D eigenvalue weighted by atomic mass is 16.7. The van der Waals surface area contributed by atoms with Crippen LogP contribution in [0.4, 0.5) is 10.5 Å². The Balaban J connectivity index is 1.31. The van der Waals surface area contributed by atoms with Gasteiger partial charge in [0.2, 0.25) is 6.79 Å². The maximum Gasteiger partial charge on any atom is 0.319 e. The van der Waals surface area contributed by atoms with Gasteiger partial charge in [0.1, 0.15) is 11.5 Å². The molecule has 0 aromatic heterocycles. The van der Waals surface area contributed by atoms with Crippen LogP contribution in [0.15, 0.2) is 24.3 Å². The molecule has 26 heavy (non-hydrogen) atoms. The number of carbonyl (C=O) groups is 1. The molecular formula is C19H18N2O5. The fraction of sp³-hybridized carbons (Fsp3) is 0.316. The van der Waals surface area contributed by atoms with Crippen LogP contribution >= 0.6 is 0 Å². The van der Waals surface area contributed by atoms with Gasteiger partial charge in [0, 0.05) is 30.5 Å². The van der Waals surface area contributed by atoms with Gasteiger partial charge in [-0.3, -0.25) is 0 Å². The van der Waals surface area contributed by atoms with Crippen LogP contribution in [-0.4, -0.2) is 26.0 Å². The molecule has 0 aliphatic carbocycles. The molecule has 0 spiro atoms. The van der Waals surface area contributed by atoms with Crippen LogP contribution in [0.1, 0.15) is 16.7 Å². The smallest absolute Gasteiger partial charge is 0.319 e. The Bertz CT molecular complexity index is 864. The van der Waals surface area contributed by atoms with Gasteiger partial charge in [-0.15, -0.1) is 0 Å². The van der Waals surface area contributed by atoms with E-state index >= 15 is 0 Å². The zero-order chi connectivity index (χ0) is 17.5. The number of hydrogen-bond donors (Lipinski definition) is 2. The van der Waals surface area contributed by atoms with Crippen molar-refractivity contribution in [3.63, 3.8) is 0 Å². The first-order valence-electron chi connectivity index (χ1n) is 8.65. The van der Waals surface area contributed by atoms with Gasteiger partial charge in [-0.05, 0) is 23.8 Å². The molecule has 2 N–H and O–H groups in total. The number of urea groups is 1. The van der Waals surface area contributed by atoms with Crippen molar-refractivity contribution in [3.8, 4) is 23.0 Å². The Kier molecular flexibility index (Phi) is 3.51. The van der Waals surface area contributed by atoms with E-state index in [1.54, 1.807) is 0 Å². The zero-order valence-electron chi connectivity index (χ0n) is 14.1. The molecule has 0 atom stereocenters. The Labute approximate surface area is 150 Å². The molecule has 7 nitrogen and oxygen atoms in total. The minimum Gasteiger partial charge on any atom is -0.493 e. The summed E-state index contributed by atoms with van der Waals surface area (Å²) in [6.45, 7) is 1.88. The maximum absolute atomic E-state index is 12.4. The van der Waals surface area contributed by atoms with Crippen molar-refractivity contribution in [2.75, 3.05) is 25.3 Å². The second kappa shape index (κ2) is 6.01. The standard InChI is InChI=1S/C19H18N2O5/c22-19(20-9-11-1-2-14-16(7-11)26-10-25-14)21-17-13-4-6-23-15(13)8-12-3-5-24-18(12)17/h1-2,7-8H,3-6,9-10H2,(H2,20,21,22). The third-order valence-electron chi connectivity index (χ3n) is 4.78. The number of fused-ring (bicyclic) bond motifs is 3. The van der Waals surface area contributed by atoms with Crippen LogP contribution in [0.2, 0.25) is 0 Å². The molecule has 3 heterocycles. The van der Waals surface area contributed by atoms with E-state index in [-0.39, 0.29) is 12.8 Å². The van der Waals surface area contributed by atoms with E-state index in [1.165, 1.54) is 0 Å². The number of nitrogens with one attached hydrogen (secondary N) is 2. The number of amides is 2. The molecule has 7 heteroatoms. The summed E-state index contributed by atoms with van der Waals surface area (Å²) in [5, 5.41) is 5.83. The Morgan fingerprint density at radius 3 is 2.81 bits per heavy atom. The number of anilines is 1. The summed E-state index contributed by atoms with van der Waals surface area (Å²) >= 11 is 0. The number of ether oxygens (including phenoxy) is 4. The van der Waals surface area contributed by atoms with E-state index in [9.17, 15) is 4.79 Å². The van der Waals surface area contributed by atoms with Crippen LogP contribution in [-0.2, 0) is 19.4 Å². The molecule has 0 radical (unpaired) electrons. The van der Waals surface area contributed by atoms with Crippen molar-refractivity contribution >= 4 is 11.7 Å². The van der Waals surface area contributed by atoms with Crippen molar-refractivity contribution in [1.82, 2.24) is 5.32 Å². The van der Waals surface area contributed by atoms with E-state index in [2.05, 4.69) is 10.6 Å². The Hall–Kier alpha value is -3.09. The Morgan fingerprint density at radius 1 is 0.962 bits per heavy atom. The van der Waals surface area contributed by atoms with E-state index in [1.807, 2.05) is 24.3 Å². The molecule has 3 aliphatic heterocycles. The van der Waals surface area contributed by atoms with Gasteiger partial charge < -0.3 is 29.6 Å². The summed E-state index contributed by atoms with van der Waals surface area (Å²) in [5.41, 5.74) is 3.75. The van der Waals surface area contributed by atoms with Crippen molar-refractivity contribution < 1.29 is 23.7 Å². The lowest BCUT2D eigenvalue weighted by atomic mass is 10.0. The molecule has 0 fully saturated rings. The summed E-state index contributed by atoms with van der Waals surface area (Å²) in [4.78, 5) is 12.4. The van der Waals surface area contributed by atoms with Crippen molar-refractivity contribution in [3.05, 3.63) is 41.0 Å². The number of carbonyl (C=O) groups excluding carboxylic acids is 1. The van der Waals surface area contributed by atoms with Crippen LogP contribution in [0, 0.1) is 0 Å². The van der Waals surface area contributed by atoms with Gasteiger partial charge in [0.15, 0.2) is 11.5 Å². The minimum absolute atomic E-state index is 0.235. The summed E-state index contributed by atoms with van der Waals surface area (Å²) in [6, 6.07) is 7.38. The molecule has 134 valence electrons. The van der Waals surface area contributed by atoms with Gasteiger partial charge in [-0.1, -0.05) is 6.07 Å². The number of rotatable bonds is 3. The second-order valence-electron chi connectivity index (χ2n) is 6.41. The first kappa shape index (κ1) is 15.2. The summed E-state index contributed by atoms with van der Waals surface area (Å²) in [6.07, 6.45) is 1.60. The van der Waals surface area contributed by atoms with Gasteiger partial charge in [-0.2, -0.15) is 0 Å². The van der Waals surface area contributed by atoms with Gasteiger partial charge in [-0.25, -0.2) is 4.79 Å². The lowest BCUT2D eigenvalue weighted by Gasteiger charge is -2.14. The predicted molar refractivity (Wildman–Crippen MR) is 93.3 cm³/mol. The second-order valence-corrected chi connectivity index (χ2v) is 6.41. The van der Waals surface area contributed by atoms with Gasteiger partial charge in [0.25, 0.3) is 0 Å². The average molecular weight is 354 g/mol. The molecule has 5 rings (SSSR count). The summed E-state index contributed by atoms with van der Waals surface area (Å²) in [7, 11) is 0. The summed E-state index contributed by atoms with van der Waals surface area (Å²) < 4.78 is 22.1. The molecule has 2 aromatic rings. The van der Waals surface area contributed by atoms with Crippen molar-refractivity contribution in [2.45, 2.75) is 19.4 Å². The molecule has 3 aliphatic rings.